The van der Waals surface area contributed by atoms with E-state index < -0.39 is 22.0 Å². The highest BCUT2D eigenvalue weighted by atomic mass is 32.2. The predicted octanol–water partition coefficient (Wildman–Crippen LogP) is 1.93. The van der Waals surface area contributed by atoms with Crippen LogP contribution in [0.25, 0.3) is 0 Å². The number of carbonyl (C=O) groups excluding carboxylic acids is 1. The number of rotatable bonds is 6. The Kier molecular flexibility index (Phi) is 5.91. The second kappa shape index (κ2) is 7.92. The number of nitrogens with zero attached hydrogens (tertiary/aromatic N) is 1. The molecule has 0 fully saturated rings. The van der Waals surface area contributed by atoms with Gasteiger partial charge in [0.25, 0.3) is 0 Å². The molecule has 25 heavy (non-hydrogen) atoms. The van der Waals surface area contributed by atoms with Gasteiger partial charge in [0.15, 0.2) is 0 Å². The average Bonchev–Trinajstić information content (AvgIpc) is 2.61. The monoisotopic (exact) mass is 358 g/mol. The van der Waals surface area contributed by atoms with E-state index in [1.807, 2.05) is 13.0 Å². The molecule has 0 heterocycles. The third-order valence-corrected chi connectivity index (χ3v) is 5.12. The molecule has 0 saturated heterocycles. The molecule has 2 aromatic carbocycles. The molecule has 0 saturated carbocycles. The molecule has 0 aliphatic carbocycles. The Morgan fingerprint density at radius 3 is 2.28 bits per heavy atom. The molecule has 1 atom stereocenters. The lowest BCUT2D eigenvalue weighted by Crippen LogP contribution is -2.42. The first-order valence-electron chi connectivity index (χ1n) is 7.51. The fraction of sp³-hybridized carbons (Fsp3) is 0.222. The van der Waals surface area contributed by atoms with Gasteiger partial charge in [0.1, 0.15) is 6.04 Å². The van der Waals surface area contributed by atoms with Crippen LogP contribution in [0.5, 0.6) is 0 Å². The summed E-state index contributed by atoms with van der Waals surface area (Å²) in [6.07, 6.45) is 0.115. The summed E-state index contributed by atoms with van der Waals surface area (Å²) in [5.41, 5.74) is 2.13. The van der Waals surface area contributed by atoms with Crippen LogP contribution < -0.4 is 4.72 Å². The van der Waals surface area contributed by atoms with Crippen molar-refractivity contribution in [3.05, 3.63) is 65.2 Å². The van der Waals surface area contributed by atoms with Gasteiger partial charge in [0, 0.05) is 0 Å². The van der Waals surface area contributed by atoms with Gasteiger partial charge in [-0.05, 0) is 43.2 Å². The van der Waals surface area contributed by atoms with Gasteiger partial charge in [-0.15, -0.1) is 0 Å². The molecule has 0 aliphatic heterocycles. The molecule has 0 bridgehead atoms. The number of ether oxygens (including phenoxy) is 1. The van der Waals surface area contributed by atoms with E-state index >= 15 is 0 Å². The number of hydrogen-bond donors (Lipinski definition) is 1. The summed E-state index contributed by atoms with van der Waals surface area (Å²) >= 11 is 0. The van der Waals surface area contributed by atoms with Crippen LogP contribution in [-0.4, -0.2) is 27.5 Å². The topological polar surface area (TPSA) is 96.3 Å². The van der Waals surface area contributed by atoms with Crippen molar-refractivity contribution >= 4 is 16.0 Å². The Morgan fingerprint density at radius 2 is 1.76 bits per heavy atom. The molecule has 0 radical (unpaired) electrons. The van der Waals surface area contributed by atoms with Crippen molar-refractivity contribution < 1.29 is 17.9 Å². The molecular weight excluding hydrogens is 340 g/mol. The lowest BCUT2D eigenvalue weighted by Gasteiger charge is -2.17. The van der Waals surface area contributed by atoms with Gasteiger partial charge >= 0.3 is 5.97 Å². The number of hydrogen-bond acceptors (Lipinski definition) is 5. The van der Waals surface area contributed by atoms with Crippen molar-refractivity contribution in [3.8, 4) is 6.07 Å². The van der Waals surface area contributed by atoms with E-state index in [1.54, 1.807) is 36.4 Å². The normalized spacial score (nSPS) is 12.2. The van der Waals surface area contributed by atoms with E-state index in [1.165, 1.54) is 19.2 Å². The number of carbonyl (C=O) groups is 1. The maximum Gasteiger partial charge on any atom is 0.324 e. The summed E-state index contributed by atoms with van der Waals surface area (Å²) in [7, 11) is -2.66. The van der Waals surface area contributed by atoms with Crippen LogP contribution in [0, 0.1) is 18.3 Å². The van der Waals surface area contributed by atoms with Gasteiger partial charge in [-0.25, -0.2) is 8.42 Å². The Labute approximate surface area is 147 Å². The first-order valence-corrected chi connectivity index (χ1v) is 9.00. The van der Waals surface area contributed by atoms with E-state index in [9.17, 15) is 13.2 Å². The third-order valence-electron chi connectivity index (χ3n) is 3.64. The van der Waals surface area contributed by atoms with E-state index in [-0.39, 0.29) is 11.3 Å². The number of methoxy groups -OCH3 is 1. The highest BCUT2D eigenvalue weighted by Crippen LogP contribution is 2.13. The van der Waals surface area contributed by atoms with Crippen molar-refractivity contribution in [3.63, 3.8) is 0 Å². The average molecular weight is 358 g/mol. The number of sulfonamides is 1. The largest absolute Gasteiger partial charge is 0.468 e. The molecule has 0 spiro atoms. The van der Waals surface area contributed by atoms with Gasteiger partial charge < -0.3 is 4.74 Å². The van der Waals surface area contributed by atoms with E-state index in [0.717, 1.165) is 5.56 Å². The first kappa shape index (κ1) is 18.6. The second-order valence-electron chi connectivity index (χ2n) is 5.52. The van der Waals surface area contributed by atoms with E-state index in [0.29, 0.717) is 11.1 Å². The number of esters is 1. The molecule has 0 aliphatic rings. The number of benzene rings is 2. The lowest BCUT2D eigenvalue weighted by atomic mass is 10.1. The summed E-state index contributed by atoms with van der Waals surface area (Å²) in [5.74, 6) is -0.681. The molecule has 7 heteroatoms. The van der Waals surface area contributed by atoms with Gasteiger partial charge in [0.2, 0.25) is 10.0 Å². The smallest absolute Gasteiger partial charge is 0.324 e. The maximum absolute atomic E-state index is 12.5. The zero-order valence-corrected chi connectivity index (χ0v) is 14.7. The van der Waals surface area contributed by atoms with Gasteiger partial charge in [-0.1, -0.05) is 29.8 Å². The van der Waals surface area contributed by atoms with Crippen LogP contribution in [0.3, 0.4) is 0 Å². The second-order valence-corrected chi connectivity index (χ2v) is 7.24. The Bertz CT molecular complexity index is 882. The minimum Gasteiger partial charge on any atom is -0.468 e. The third kappa shape index (κ3) is 4.89. The fourth-order valence-electron chi connectivity index (χ4n) is 2.24. The van der Waals surface area contributed by atoms with Gasteiger partial charge in [-0.3, -0.25) is 4.79 Å². The predicted molar refractivity (Wildman–Crippen MR) is 92.2 cm³/mol. The van der Waals surface area contributed by atoms with E-state index in [4.69, 9.17) is 10.00 Å². The molecule has 1 unspecified atom stereocenters. The number of nitriles is 1. The SMILES string of the molecule is COC(=O)C(Cc1ccc(C#N)cc1)NS(=O)(=O)c1ccc(C)cc1. The van der Waals surface area contributed by atoms with Gasteiger partial charge in [-0.2, -0.15) is 9.98 Å². The Morgan fingerprint density at radius 1 is 1.16 bits per heavy atom. The highest BCUT2D eigenvalue weighted by molar-refractivity contribution is 7.89. The summed E-state index contributed by atoms with van der Waals surface area (Å²) in [6, 6.07) is 13.8. The summed E-state index contributed by atoms with van der Waals surface area (Å²) in [4.78, 5) is 12.1. The molecule has 0 aromatic heterocycles. The quantitative estimate of drug-likeness (QED) is 0.796. The van der Waals surface area contributed by atoms with Crippen LogP contribution in [0.4, 0.5) is 0 Å². The van der Waals surface area contributed by atoms with Crippen LogP contribution in [-0.2, 0) is 26.0 Å². The van der Waals surface area contributed by atoms with Crippen LogP contribution in [0.1, 0.15) is 16.7 Å². The van der Waals surface area contributed by atoms with Crippen LogP contribution >= 0.6 is 0 Å². The van der Waals surface area contributed by atoms with E-state index in [2.05, 4.69) is 4.72 Å². The minimum absolute atomic E-state index is 0.0758. The van der Waals surface area contributed by atoms with Crippen LogP contribution in [0.2, 0.25) is 0 Å². The van der Waals surface area contributed by atoms with Crippen molar-refractivity contribution in [2.45, 2.75) is 24.3 Å². The van der Waals surface area contributed by atoms with Crippen molar-refractivity contribution in [1.82, 2.24) is 4.72 Å². The standard InChI is InChI=1S/C18H18N2O4S/c1-13-3-9-16(10-4-13)25(22,23)20-17(18(21)24-2)11-14-5-7-15(12-19)8-6-14/h3-10,17,20H,11H2,1-2H3. The molecule has 1 N–H and O–H groups in total. The highest BCUT2D eigenvalue weighted by Gasteiger charge is 2.26. The fourth-order valence-corrected chi connectivity index (χ4v) is 3.42. The van der Waals surface area contributed by atoms with Crippen molar-refractivity contribution in [1.29, 1.82) is 5.26 Å². The van der Waals surface area contributed by atoms with Crippen molar-refractivity contribution in [2.24, 2.45) is 0 Å². The lowest BCUT2D eigenvalue weighted by molar-refractivity contribution is -0.142. The zero-order valence-electron chi connectivity index (χ0n) is 13.9. The molecule has 130 valence electrons. The van der Waals surface area contributed by atoms with Gasteiger partial charge in [0.05, 0.1) is 23.6 Å². The van der Waals surface area contributed by atoms with Crippen molar-refractivity contribution in [2.75, 3.05) is 7.11 Å². The molecule has 0 amide bonds. The minimum atomic E-state index is -3.87. The molecule has 2 rings (SSSR count). The Hall–Kier alpha value is -2.69. The maximum atomic E-state index is 12.5. The molecular formula is C18H18N2O4S. The first-order chi connectivity index (χ1) is 11.9. The Balaban J connectivity index is 2.23. The molecule has 6 nitrogen and oxygen atoms in total. The summed E-state index contributed by atoms with van der Waals surface area (Å²) < 4.78 is 32.1. The summed E-state index contributed by atoms with van der Waals surface area (Å²) in [6.45, 7) is 1.85. The molecule has 2 aromatic rings. The number of aryl methyl sites for hydroxylation is 1. The van der Waals surface area contributed by atoms with Crippen LogP contribution in [0.15, 0.2) is 53.4 Å². The zero-order chi connectivity index (χ0) is 18.4. The summed E-state index contributed by atoms with van der Waals surface area (Å²) in [5, 5.41) is 8.82. The number of nitrogens with one attached hydrogen (secondary N) is 1.